The van der Waals surface area contributed by atoms with E-state index in [1.807, 2.05) is 9.80 Å². The highest BCUT2D eigenvalue weighted by Gasteiger charge is 2.43. The molecule has 1 N–H and O–H groups in total. The molecule has 0 radical (unpaired) electrons. The highest BCUT2D eigenvalue weighted by Crippen LogP contribution is 2.35. The largest absolute Gasteiger partial charge is 0.433 e. The first-order valence-corrected chi connectivity index (χ1v) is 10.4. The fourth-order valence-corrected chi connectivity index (χ4v) is 4.71. The van der Waals surface area contributed by atoms with Crippen LogP contribution >= 0.6 is 0 Å². The number of aromatic nitrogens is 2. The molecule has 0 bridgehead atoms. The summed E-state index contributed by atoms with van der Waals surface area (Å²) in [6, 6.07) is 4.43. The first-order valence-electron chi connectivity index (χ1n) is 10.4. The SMILES string of the molecule is O=C(C1CC(=O)N(C2CC2)C1)N1CCC(c2cc3nc(C(F)(F)F)ccc3[nH]2)CC1. The van der Waals surface area contributed by atoms with Crippen molar-refractivity contribution in [3.05, 3.63) is 29.6 Å². The Morgan fingerprint density at radius 3 is 2.53 bits per heavy atom. The molecule has 1 saturated carbocycles. The van der Waals surface area contributed by atoms with E-state index in [4.69, 9.17) is 0 Å². The van der Waals surface area contributed by atoms with E-state index in [1.165, 1.54) is 6.07 Å². The van der Waals surface area contributed by atoms with Gasteiger partial charge in [-0.05, 0) is 43.9 Å². The third kappa shape index (κ3) is 3.54. The van der Waals surface area contributed by atoms with Crippen LogP contribution in [0.4, 0.5) is 13.2 Å². The van der Waals surface area contributed by atoms with E-state index in [0.29, 0.717) is 43.1 Å². The minimum Gasteiger partial charge on any atom is -0.357 e. The van der Waals surface area contributed by atoms with Crippen molar-refractivity contribution in [3.8, 4) is 0 Å². The first kappa shape index (κ1) is 19.4. The molecule has 30 heavy (non-hydrogen) atoms. The van der Waals surface area contributed by atoms with Crippen molar-refractivity contribution in [2.45, 2.75) is 50.2 Å². The molecule has 1 aliphatic carbocycles. The molecule has 3 aliphatic rings. The van der Waals surface area contributed by atoms with Gasteiger partial charge in [-0.25, -0.2) is 4.98 Å². The van der Waals surface area contributed by atoms with E-state index >= 15 is 0 Å². The Balaban J connectivity index is 1.22. The minimum atomic E-state index is -4.46. The summed E-state index contributed by atoms with van der Waals surface area (Å²) >= 11 is 0. The molecule has 2 aromatic rings. The van der Waals surface area contributed by atoms with Crippen molar-refractivity contribution in [3.63, 3.8) is 0 Å². The summed E-state index contributed by atoms with van der Waals surface area (Å²) in [6.45, 7) is 1.72. The lowest BCUT2D eigenvalue weighted by Crippen LogP contribution is -2.42. The summed E-state index contributed by atoms with van der Waals surface area (Å²) < 4.78 is 38.7. The molecule has 2 aromatic heterocycles. The van der Waals surface area contributed by atoms with Gasteiger partial charge in [0.25, 0.3) is 0 Å². The zero-order valence-electron chi connectivity index (χ0n) is 16.4. The van der Waals surface area contributed by atoms with Crippen LogP contribution in [-0.2, 0) is 15.8 Å². The smallest absolute Gasteiger partial charge is 0.357 e. The maximum Gasteiger partial charge on any atom is 0.433 e. The highest BCUT2D eigenvalue weighted by molar-refractivity contribution is 5.89. The van der Waals surface area contributed by atoms with Gasteiger partial charge < -0.3 is 14.8 Å². The van der Waals surface area contributed by atoms with Gasteiger partial charge in [-0.2, -0.15) is 13.2 Å². The number of nitrogens with zero attached hydrogens (tertiary/aromatic N) is 3. The first-order chi connectivity index (χ1) is 14.3. The number of carbonyl (C=O) groups is 2. The number of H-pyrrole nitrogens is 1. The molecule has 2 saturated heterocycles. The summed E-state index contributed by atoms with van der Waals surface area (Å²) in [5.74, 6) is 0.0473. The predicted molar refractivity (Wildman–Crippen MR) is 102 cm³/mol. The van der Waals surface area contributed by atoms with Crippen molar-refractivity contribution in [1.82, 2.24) is 19.8 Å². The molecule has 3 fully saturated rings. The number of fused-ring (bicyclic) bond motifs is 1. The number of likely N-dealkylation sites (tertiary alicyclic amines) is 2. The van der Waals surface area contributed by atoms with Gasteiger partial charge in [0.05, 0.1) is 17.0 Å². The molecule has 0 aromatic carbocycles. The summed E-state index contributed by atoms with van der Waals surface area (Å²) in [5, 5.41) is 0. The minimum absolute atomic E-state index is 0.0538. The Hall–Kier alpha value is -2.58. The molecule has 9 heteroatoms. The van der Waals surface area contributed by atoms with Gasteiger partial charge in [-0.3, -0.25) is 9.59 Å². The van der Waals surface area contributed by atoms with Gasteiger partial charge in [0.15, 0.2) is 0 Å². The van der Waals surface area contributed by atoms with Gasteiger partial charge in [-0.1, -0.05) is 0 Å². The molecule has 2 aliphatic heterocycles. The highest BCUT2D eigenvalue weighted by atomic mass is 19.4. The molecule has 4 heterocycles. The maximum absolute atomic E-state index is 12.9. The van der Waals surface area contributed by atoms with Crippen molar-refractivity contribution < 1.29 is 22.8 Å². The lowest BCUT2D eigenvalue weighted by molar-refractivity contribution is -0.141. The average molecular weight is 420 g/mol. The van der Waals surface area contributed by atoms with Crippen molar-refractivity contribution in [2.75, 3.05) is 19.6 Å². The summed E-state index contributed by atoms with van der Waals surface area (Å²) in [7, 11) is 0. The molecule has 1 unspecified atom stereocenters. The van der Waals surface area contributed by atoms with E-state index < -0.39 is 11.9 Å². The second-order valence-corrected chi connectivity index (χ2v) is 8.63. The molecule has 6 nitrogen and oxygen atoms in total. The van der Waals surface area contributed by atoms with Crippen LogP contribution < -0.4 is 0 Å². The topological polar surface area (TPSA) is 69.3 Å². The fraction of sp³-hybridized carbons (Fsp3) is 0.571. The van der Waals surface area contributed by atoms with E-state index in [2.05, 4.69) is 9.97 Å². The van der Waals surface area contributed by atoms with E-state index in [9.17, 15) is 22.8 Å². The number of amides is 2. The molecular weight excluding hydrogens is 397 g/mol. The number of carbonyl (C=O) groups excluding carboxylic acids is 2. The van der Waals surface area contributed by atoms with Crippen molar-refractivity contribution in [1.29, 1.82) is 0 Å². The number of alkyl halides is 3. The Morgan fingerprint density at radius 1 is 1.13 bits per heavy atom. The molecule has 0 spiro atoms. The zero-order chi connectivity index (χ0) is 21.0. The summed E-state index contributed by atoms with van der Waals surface area (Å²) in [4.78, 5) is 35.6. The molecule has 160 valence electrons. The number of halogens is 3. The van der Waals surface area contributed by atoms with Gasteiger partial charge in [0.2, 0.25) is 11.8 Å². The molecule has 2 amide bonds. The third-order valence-electron chi connectivity index (χ3n) is 6.53. The van der Waals surface area contributed by atoms with Crippen LogP contribution in [0.3, 0.4) is 0 Å². The van der Waals surface area contributed by atoms with Gasteiger partial charge >= 0.3 is 6.18 Å². The number of hydrogen-bond acceptors (Lipinski definition) is 3. The van der Waals surface area contributed by atoms with Crippen LogP contribution in [0.25, 0.3) is 11.0 Å². The van der Waals surface area contributed by atoms with Gasteiger partial charge in [0, 0.05) is 43.7 Å². The number of nitrogens with one attached hydrogen (secondary N) is 1. The quantitative estimate of drug-likeness (QED) is 0.829. The van der Waals surface area contributed by atoms with E-state index in [0.717, 1.165) is 37.4 Å². The number of hydrogen-bond donors (Lipinski definition) is 1. The number of pyridine rings is 1. The second-order valence-electron chi connectivity index (χ2n) is 8.63. The lowest BCUT2D eigenvalue weighted by Gasteiger charge is -2.33. The number of rotatable bonds is 3. The van der Waals surface area contributed by atoms with Crippen LogP contribution in [0.2, 0.25) is 0 Å². The lowest BCUT2D eigenvalue weighted by atomic mass is 9.92. The Kier molecular flexibility index (Phi) is 4.52. The van der Waals surface area contributed by atoms with E-state index in [1.54, 1.807) is 6.07 Å². The van der Waals surface area contributed by atoms with Crippen LogP contribution in [0, 0.1) is 5.92 Å². The maximum atomic E-state index is 12.9. The van der Waals surface area contributed by atoms with Gasteiger partial charge in [0.1, 0.15) is 5.69 Å². The normalized spacial score (nSPS) is 23.6. The van der Waals surface area contributed by atoms with Crippen LogP contribution in [0.5, 0.6) is 0 Å². The molecular formula is C21H23F3N4O2. The van der Waals surface area contributed by atoms with Crippen LogP contribution in [0.15, 0.2) is 18.2 Å². The standard InChI is InChI=1S/C21H23F3N4O2/c22-21(23,24)18-4-3-15-17(26-18)10-16(25-15)12-5-7-27(8-6-12)20(30)13-9-19(29)28(11-13)14-1-2-14/h3-4,10,12-14,25H,1-2,5-9,11H2. The van der Waals surface area contributed by atoms with Crippen LogP contribution in [0.1, 0.15) is 49.4 Å². The Bertz CT molecular complexity index is 990. The zero-order valence-corrected chi connectivity index (χ0v) is 16.4. The van der Waals surface area contributed by atoms with Crippen molar-refractivity contribution in [2.24, 2.45) is 5.92 Å². The van der Waals surface area contributed by atoms with Crippen LogP contribution in [-0.4, -0.2) is 57.3 Å². The number of piperidine rings is 1. The van der Waals surface area contributed by atoms with Crippen molar-refractivity contribution >= 4 is 22.8 Å². The molecule has 1 atom stereocenters. The van der Waals surface area contributed by atoms with E-state index in [-0.39, 0.29) is 23.7 Å². The summed E-state index contributed by atoms with van der Waals surface area (Å²) in [5.41, 5.74) is 0.858. The molecule has 5 rings (SSSR count). The Labute approximate surface area is 171 Å². The Morgan fingerprint density at radius 2 is 1.87 bits per heavy atom. The third-order valence-corrected chi connectivity index (χ3v) is 6.53. The van der Waals surface area contributed by atoms with Gasteiger partial charge in [-0.15, -0.1) is 0 Å². The summed E-state index contributed by atoms with van der Waals surface area (Å²) in [6.07, 6.45) is -0.600. The number of aromatic amines is 1. The fourth-order valence-electron chi connectivity index (χ4n) is 4.71. The second kappa shape index (κ2) is 6.99. The predicted octanol–water partition coefficient (Wildman–Crippen LogP) is 3.30. The monoisotopic (exact) mass is 420 g/mol. The average Bonchev–Trinajstić information content (AvgIpc) is 3.35.